The lowest BCUT2D eigenvalue weighted by molar-refractivity contribution is -0.121. The van der Waals surface area contributed by atoms with Crippen molar-refractivity contribution in [3.63, 3.8) is 0 Å². The first-order chi connectivity index (χ1) is 15.5. The number of pyridine rings is 1. The minimum atomic E-state index is -0.571. The number of piperidine rings is 1. The monoisotopic (exact) mass is 492 g/mol. The molecule has 1 aliphatic rings. The quantitative estimate of drug-likeness (QED) is 0.608. The fraction of sp³-hybridized carbons (Fsp3) is 0.391. The van der Waals surface area contributed by atoms with E-state index in [-0.39, 0.29) is 23.5 Å². The predicted molar refractivity (Wildman–Crippen MR) is 128 cm³/mol. The van der Waals surface area contributed by atoms with Gasteiger partial charge in [-0.15, -0.1) is 0 Å². The Bertz CT molecular complexity index is 1030. The van der Waals surface area contributed by atoms with Gasteiger partial charge in [0.25, 0.3) is 5.91 Å². The van der Waals surface area contributed by atoms with Crippen LogP contribution in [0, 0.1) is 5.92 Å². The second kappa shape index (κ2) is 10.4. The minimum absolute atomic E-state index is 0.207. The van der Waals surface area contributed by atoms with Gasteiger partial charge in [-0.25, -0.2) is 9.78 Å². The topological polar surface area (TPSA) is 101 Å². The molecular formula is C23H26Cl2N4O4. The summed E-state index contributed by atoms with van der Waals surface area (Å²) in [4.78, 5) is 43.6. The number of nitrogens with zero attached hydrogens (tertiary/aromatic N) is 2. The Morgan fingerprint density at radius 2 is 1.70 bits per heavy atom. The molecule has 10 heteroatoms. The highest BCUT2D eigenvalue weighted by Crippen LogP contribution is 2.25. The fourth-order valence-corrected chi connectivity index (χ4v) is 3.62. The molecule has 1 saturated heterocycles. The molecule has 0 radical (unpaired) electrons. The number of halogens is 2. The summed E-state index contributed by atoms with van der Waals surface area (Å²) in [6.07, 6.45) is 2.03. The summed E-state index contributed by atoms with van der Waals surface area (Å²) < 4.78 is 5.39. The number of nitrogens with one attached hydrogen (secondary N) is 2. The van der Waals surface area contributed by atoms with Gasteiger partial charge in [0.1, 0.15) is 11.4 Å². The van der Waals surface area contributed by atoms with Crippen LogP contribution in [0.15, 0.2) is 36.5 Å². The van der Waals surface area contributed by atoms with Crippen LogP contribution < -0.4 is 10.6 Å². The third-order valence-electron chi connectivity index (χ3n) is 4.97. The molecule has 2 N–H and O–H groups in total. The first-order valence-corrected chi connectivity index (χ1v) is 11.3. The molecule has 2 aromatic rings. The SMILES string of the molecule is CC(C)(C)OC(=O)N1CCC(C(=O)Nc2ccc(Cl)cc2C(=O)Nc2ccc(Cl)cn2)CC1. The summed E-state index contributed by atoms with van der Waals surface area (Å²) in [6, 6.07) is 7.84. The Balaban J connectivity index is 1.64. The number of ether oxygens (including phenoxy) is 1. The Kier molecular flexibility index (Phi) is 7.81. The smallest absolute Gasteiger partial charge is 0.410 e. The van der Waals surface area contributed by atoms with Gasteiger partial charge in [0.2, 0.25) is 5.91 Å². The van der Waals surface area contributed by atoms with Crippen molar-refractivity contribution in [2.45, 2.75) is 39.2 Å². The average molecular weight is 493 g/mol. The summed E-state index contributed by atoms with van der Waals surface area (Å²) in [5, 5.41) is 6.30. The van der Waals surface area contributed by atoms with E-state index in [1.807, 2.05) is 20.8 Å². The first kappa shape index (κ1) is 24.8. The zero-order valence-electron chi connectivity index (χ0n) is 18.7. The van der Waals surface area contributed by atoms with Crippen LogP contribution in [0.25, 0.3) is 0 Å². The van der Waals surface area contributed by atoms with E-state index in [9.17, 15) is 14.4 Å². The third kappa shape index (κ3) is 7.07. The minimum Gasteiger partial charge on any atom is -0.444 e. The molecule has 0 spiro atoms. The molecule has 0 unspecified atom stereocenters. The number of anilines is 2. The summed E-state index contributed by atoms with van der Waals surface area (Å²) in [6.45, 7) is 6.28. The second-order valence-corrected chi connectivity index (χ2v) is 9.61. The molecule has 3 amide bonds. The predicted octanol–water partition coefficient (Wildman–Crippen LogP) is 5.23. The van der Waals surface area contributed by atoms with E-state index < -0.39 is 11.5 Å². The van der Waals surface area contributed by atoms with Gasteiger partial charge < -0.3 is 20.3 Å². The summed E-state index contributed by atoms with van der Waals surface area (Å²) >= 11 is 11.9. The van der Waals surface area contributed by atoms with Crippen LogP contribution in [0.2, 0.25) is 10.0 Å². The maximum Gasteiger partial charge on any atom is 0.410 e. The molecule has 33 heavy (non-hydrogen) atoms. The van der Waals surface area contributed by atoms with Crippen molar-refractivity contribution in [2.24, 2.45) is 5.92 Å². The highest BCUT2D eigenvalue weighted by molar-refractivity contribution is 6.31. The standard InChI is InChI=1S/C23H26Cl2N4O4/c1-23(2,3)33-22(32)29-10-8-14(9-11-29)20(30)27-18-6-4-15(24)12-17(18)21(31)28-19-7-5-16(25)13-26-19/h4-7,12-14H,8-11H2,1-3H3,(H,27,30)(H,26,28,31). The number of amides is 3. The van der Waals surface area contributed by atoms with E-state index in [4.69, 9.17) is 27.9 Å². The van der Waals surface area contributed by atoms with Gasteiger partial charge in [0.15, 0.2) is 0 Å². The van der Waals surface area contributed by atoms with Crippen molar-refractivity contribution in [1.82, 2.24) is 9.88 Å². The van der Waals surface area contributed by atoms with E-state index in [1.54, 1.807) is 29.2 Å². The van der Waals surface area contributed by atoms with E-state index in [2.05, 4.69) is 15.6 Å². The fourth-order valence-electron chi connectivity index (χ4n) is 3.33. The highest BCUT2D eigenvalue weighted by Gasteiger charge is 2.30. The highest BCUT2D eigenvalue weighted by atomic mass is 35.5. The number of benzene rings is 1. The van der Waals surface area contributed by atoms with Gasteiger partial charge in [-0.2, -0.15) is 0 Å². The van der Waals surface area contributed by atoms with Crippen molar-refractivity contribution in [3.8, 4) is 0 Å². The van der Waals surface area contributed by atoms with Crippen molar-refractivity contribution in [1.29, 1.82) is 0 Å². The molecule has 3 rings (SSSR count). The van der Waals surface area contributed by atoms with E-state index in [1.165, 1.54) is 12.3 Å². The largest absolute Gasteiger partial charge is 0.444 e. The number of aromatic nitrogens is 1. The lowest BCUT2D eigenvalue weighted by Gasteiger charge is -2.33. The van der Waals surface area contributed by atoms with Crippen LogP contribution >= 0.6 is 23.2 Å². The van der Waals surface area contributed by atoms with Crippen molar-refractivity contribution in [2.75, 3.05) is 23.7 Å². The van der Waals surface area contributed by atoms with Gasteiger partial charge in [-0.3, -0.25) is 9.59 Å². The maximum absolute atomic E-state index is 12.9. The van der Waals surface area contributed by atoms with Crippen LogP contribution in [0.3, 0.4) is 0 Å². The average Bonchev–Trinajstić information content (AvgIpc) is 2.75. The maximum atomic E-state index is 12.9. The Morgan fingerprint density at radius 1 is 1.03 bits per heavy atom. The first-order valence-electron chi connectivity index (χ1n) is 10.5. The van der Waals surface area contributed by atoms with E-state index in [0.717, 1.165) is 0 Å². The summed E-state index contributed by atoms with van der Waals surface area (Å²) in [5.74, 6) is -0.674. The van der Waals surface area contributed by atoms with Gasteiger partial charge in [0, 0.05) is 30.2 Å². The third-order valence-corrected chi connectivity index (χ3v) is 5.43. The van der Waals surface area contributed by atoms with Gasteiger partial charge in [0.05, 0.1) is 16.3 Å². The molecule has 0 aliphatic carbocycles. The Labute approximate surface area is 202 Å². The molecule has 0 bridgehead atoms. The zero-order chi connectivity index (χ0) is 24.2. The van der Waals surface area contributed by atoms with Gasteiger partial charge in [-0.1, -0.05) is 23.2 Å². The normalized spacial score (nSPS) is 14.5. The van der Waals surface area contributed by atoms with Crippen LogP contribution in [-0.4, -0.2) is 46.5 Å². The number of carbonyl (C=O) groups is 3. The number of rotatable bonds is 4. The summed E-state index contributed by atoms with van der Waals surface area (Å²) in [7, 11) is 0. The Morgan fingerprint density at radius 3 is 2.30 bits per heavy atom. The molecule has 2 heterocycles. The number of hydrogen-bond acceptors (Lipinski definition) is 5. The van der Waals surface area contributed by atoms with Gasteiger partial charge in [-0.05, 0) is 63.9 Å². The van der Waals surface area contributed by atoms with E-state index >= 15 is 0 Å². The van der Waals surface area contributed by atoms with Crippen molar-refractivity contribution < 1.29 is 19.1 Å². The van der Waals surface area contributed by atoms with E-state index in [0.29, 0.717) is 47.5 Å². The molecule has 1 aromatic carbocycles. The van der Waals surface area contributed by atoms with Crippen LogP contribution in [-0.2, 0) is 9.53 Å². The Hall–Kier alpha value is -2.84. The molecule has 176 valence electrons. The molecule has 8 nitrogen and oxygen atoms in total. The number of carbonyl (C=O) groups excluding carboxylic acids is 3. The molecule has 1 aromatic heterocycles. The lowest BCUT2D eigenvalue weighted by atomic mass is 9.96. The lowest BCUT2D eigenvalue weighted by Crippen LogP contribution is -2.43. The van der Waals surface area contributed by atoms with Crippen molar-refractivity contribution in [3.05, 3.63) is 52.1 Å². The molecule has 1 aliphatic heterocycles. The van der Waals surface area contributed by atoms with Crippen molar-refractivity contribution >= 4 is 52.6 Å². The van der Waals surface area contributed by atoms with Gasteiger partial charge >= 0.3 is 6.09 Å². The number of hydrogen-bond donors (Lipinski definition) is 2. The van der Waals surface area contributed by atoms with Crippen LogP contribution in [0.5, 0.6) is 0 Å². The molecular weight excluding hydrogens is 467 g/mol. The number of likely N-dealkylation sites (tertiary alicyclic amines) is 1. The molecule has 1 fully saturated rings. The summed E-state index contributed by atoms with van der Waals surface area (Å²) in [5.41, 5.74) is -0.0255. The van der Waals surface area contributed by atoms with Crippen LogP contribution in [0.1, 0.15) is 44.0 Å². The second-order valence-electron chi connectivity index (χ2n) is 8.74. The molecule has 0 atom stereocenters. The molecule has 0 saturated carbocycles. The zero-order valence-corrected chi connectivity index (χ0v) is 20.2. The van der Waals surface area contributed by atoms with Crippen LogP contribution in [0.4, 0.5) is 16.3 Å².